The van der Waals surface area contributed by atoms with E-state index in [1.54, 1.807) is 54.6 Å². The van der Waals surface area contributed by atoms with Gasteiger partial charge in [0, 0.05) is 15.7 Å². The molecule has 0 saturated carbocycles. The van der Waals surface area contributed by atoms with Gasteiger partial charge in [-0.3, -0.25) is 14.5 Å². The van der Waals surface area contributed by atoms with Crippen LogP contribution in [0.3, 0.4) is 0 Å². The molecular formula is C24H18BrNO4. The number of aryl methyl sites for hydroxylation is 1. The number of ketones is 1. The Morgan fingerprint density at radius 3 is 2.33 bits per heavy atom. The van der Waals surface area contributed by atoms with Crippen LogP contribution in [0.15, 0.2) is 82.8 Å². The normalized spacial score (nSPS) is 18.1. The number of benzene rings is 3. The van der Waals surface area contributed by atoms with E-state index in [9.17, 15) is 19.8 Å². The van der Waals surface area contributed by atoms with Crippen LogP contribution in [0, 0.1) is 6.92 Å². The van der Waals surface area contributed by atoms with E-state index in [4.69, 9.17) is 0 Å². The molecule has 3 aromatic carbocycles. The molecule has 0 spiro atoms. The first-order valence-electron chi connectivity index (χ1n) is 9.29. The van der Waals surface area contributed by atoms with E-state index in [0.29, 0.717) is 16.8 Å². The first-order valence-corrected chi connectivity index (χ1v) is 10.1. The Bertz CT molecular complexity index is 1180. The van der Waals surface area contributed by atoms with Crippen LogP contribution in [0.1, 0.15) is 22.7 Å². The summed E-state index contributed by atoms with van der Waals surface area (Å²) in [4.78, 5) is 27.5. The number of halogens is 1. The van der Waals surface area contributed by atoms with Gasteiger partial charge < -0.3 is 10.2 Å². The maximum atomic E-state index is 13.0. The number of aliphatic hydroxyl groups is 1. The Labute approximate surface area is 182 Å². The Hall–Kier alpha value is -3.38. The molecule has 5 nitrogen and oxygen atoms in total. The van der Waals surface area contributed by atoms with Crippen molar-refractivity contribution in [2.45, 2.75) is 13.0 Å². The van der Waals surface area contributed by atoms with Crippen molar-refractivity contribution < 1.29 is 19.8 Å². The fraction of sp³-hybridized carbons (Fsp3) is 0.0833. The van der Waals surface area contributed by atoms with Gasteiger partial charge in [0.1, 0.15) is 11.5 Å². The third kappa shape index (κ3) is 3.50. The third-order valence-corrected chi connectivity index (χ3v) is 5.56. The number of aliphatic hydroxyl groups excluding tert-OH is 1. The molecule has 1 atom stereocenters. The number of carbonyl (C=O) groups is 2. The lowest BCUT2D eigenvalue weighted by atomic mass is 9.95. The van der Waals surface area contributed by atoms with Crippen molar-refractivity contribution in [1.29, 1.82) is 0 Å². The Balaban J connectivity index is 1.96. The van der Waals surface area contributed by atoms with Crippen molar-refractivity contribution in [3.63, 3.8) is 0 Å². The lowest BCUT2D eigenvalue weighted by Crippen LogP contribution is -2.29. The number of hydrogen-bond donors (Lipinski definition) is 2. The molecule has 2 N–H and O–H groups in total. The van der Waals surface area contributed by atoms with Gasteiger partial charge in [0.05, 0.1) is 11.6 Å². The minimum atomic E-state index is -0.873. The number of Topliss-reactive ketones (excluding diaryl/α,β-unsaturated/α-hetero) is 1. The van der Waals surface area contributed by atoms with Crippen molar-refractivity contribution in [3.05, 3.63) is 99.5 Å². The molecule has 1 heterocycles. The van der Waals surface area contributed by atoms with Crippen molar-refractivity contribution in [1.82, 2.24) is 0 Å². The van der Waals surface area contributed by atoms with Gasteiger partial charge >= 0.3 is 0 Å². The molecule has 0 aliphatic carbocycles. The van der Waals surface area contributed by atoms with E-state index in [0.717, 1.165) is 10.0 Å². The summed E-state index contributed by atoms with van der Waals surface area (Å²) in [6.07, 6.45) is 0. The molecule has 1 fully saturated rings. The Morgan fingerprint density at radius 1 is 0.967 bits per heavy atom. The molecule has 0 bridgehead atoms. The fourth-order valence-corrected chi connectivity index (χ4v) is 3.91. The van der Waals surface area contributed by atoms with E-state index in [2.05, 4.69) is 15.9 Å². The van der Waals surface area contributed by atoms with Crippen molar-refractivity contribution in [3.8, 4) is 5.75 Å². The van der Waals surface area contributed by atoms with E-state index < -0.39 is 17.7 Å². The molecule has 1 aliphatic heterocycles. The molecule has 3 aromatic rings. The minimum Gasteiger partial charge on any atom is -0.508 e. The van der Waals surface area contributed by atoms with Crippen LogP contribution in [0.25, 0.3) is 5.76 Å². The number of amides is 1. The van der Waals surface area contributed by atoms with Crippen LogP contribution in [0.2, 0.25) is 0 Å². The largest absolute Gasteiger partial charge is 0.508 e. The summed E-state index contributed by atoms with van der Waals surface area (Å²) in [6, 6.07) is 19.6. The summed E-state index contributed by atoms with van der Waals surface area (Å²) in [5.74, 6) is -1.76. The molecule has 0 aromatic heterocycles. The predicted molar refractivity (Wildman–Crippen MR) is 118 cm³/mol. The smallest absolute Gasteiger partial charge is 0.300 e. The van der Waals surface area contributed by atoms with Crippen LogP contribution < -0.4 is 4.90 Å². The molecule has 4 rings (SSSR count). The first-order chi connectivity index (χ1) is 14.4. The highest BCUT2D eigenvalue weighted by Gasteiger charge is 2.47. The zero-order valence-corrected chi connectivity index (χ0v) is 17.6. The number of rotatable bonds is 3. The van der Waals surface area contributed by atoms with Gasteiger partial charge in [-0.25, -0.2) is 0 Å². The number of aromatic hydroxyl groups is 1. The van der Waals surface area contributed by atoms with E-state index in [1.165, 1.54) is 17.0 Å². The standard InChI is InChI=1S/C24H18BrNO4/c1-14-4-2-6-18(12-14)26-21(16-5-3-7-19(27)13-16)20(23(29)24(26)30)22(28)15-8-10-17(25)11-9-15/h2-13,21,27-28H,1H3/b22-20+. The van der Waals surface area contributed by atoms with Crippen LogP contribution in [-0.2, 0) is 9.59 Å². The van der Waals surface area contributed by atoms with Crippen LogP contribution in [-0.4, -0.2) is 21.9 Å². The second-order valence-corrected chi connectivity index (χ2v) is 8.03. The summed E-state index contributed by atoms with van der Waals surface area (Å²) in [5, 5.41) is 21.0. The summed E-state index contributed by atoms with van der Waals surface area (Å²) >= 11 is 3.35. The van der Waals surface area contributed by atoms with Gasteiger partial charge in [-0.05, 0) is 54.4 Å². The molecule has 1 unspecified atom stereocenters. The average molecular weight is 464 g/mol. The molecule has 1 aliphatic rings. The number of hydrogen-bond acceptors (Lipinski definition) is 4. The maximum Gasteiger partial charge on any atom is 0.300 e. The highest BCUT2D eigenvalue weighted by molar-refractivity contribution is 9.10. The Morgan fingerprint density at radius 2 is 1.67 bits per heavy atom. The zero-order valence-electron chi connectivity index (χ0n) is 16.0. The van der Waals surface area contributed by atoms with Gasteiger partial charge in [0.15, 0.2) is 0 Å². The van der Waals surface area contributed by atoms with Gasteiger partial charge in [0.2, 0.25) is 0 Å². The van der Waals surface area contributed by atoms with E-state index in [-0.39, 0.29) is 17.1 Å². The highest BCUT2D eigenvalue weighted by atomic mass is 79.9. The predicted octanol–water partition coefficient (Wildman–Crippen LogP) is 5.09. The zero-order chi connectivity index (χ0) is 21.4. The fourth-order valence-electron chi connectivity index (χ4n) is 3.65. The monoisotopic (exact) mass is 463 g/mol. The van der Waals surface area contributed by atoms with Crippen molar-refractivity contribution in [2.75, 3.05) is 4.90 Å². The van der Waals surface area contributed by atoms with Gasteiger partial charge in [-0.1, -0.05) is 52.3 Å². The summed E-state index contributed by atoms with van der Waals surface area (Å²) < 4.78 is 0.823. The van der Waals surface area contributed by atoms with Crippen molar-refractivity contribution >= 4 is 39.1 Å². The molecule has 0 radical (unpaired) electrons. The average Bonchev–Trinajstić information content (AvgIpc) is 2.99. The van der Waals surface area contributed by atoms with Gasteiger partial charge in [0.25, 0.3) is 11.7 Å². The summed E-state index contributed by atoms with van der Waals surface area (Å²) in [7, 11) is 0. The molecule has 1 saturated heterocycles. The number of carbonyl (C=O) groups excluding carboxylic acids is 2. The lowest BCUT2D eigenvalue weighted by molar-refractivity contribution is -0.132. The minimum absolute atomic E-state index is 0.00553. The van der Waals surface area contributed by atoms with Gasteiger partial charge in [-0.15, -0.1) is 0 Å². The second kappa shape index (κ2) is 7.80. The molecule has 1 amide bonds. The van der Waals surface area contributed by atoms with E-state index >= 15 is 0 Å². The first kappa shape index (κ1) is 19.9. The number of phenols is 1. The summed E-state index contributed by atoms with van der Waals surface area (Å²) in [5.41, 5.74) is 2.40. The second-order valence-electron chi connectivity index (χ2n) is 7.11. The maximum absolute atomic E-state index is 13.0. The number of phenolic OH excluding ortho intramolecular Hbond substituents is 1. The highest BCUT2D eigenvalue weighted by Crippen LogP contribution is 2.42. The molecule has 150 valence electrons. The Kier molecular flexibility index (Phi) is 5.18. The molecule has 30 heavy (non-hydrogen) atoms. The third-order valence-electron chi connectivity index (χ3n) is 5.03. The topological polar surface area (TPSA) is 77.8 Å². The van der Waals surface area contributed by atoms with Crippen LogP contribution in [0.4, 0.5) is 5.69 Å². The van der Waals surface area contributed by atoms with E-state index in [1.807, 2.05) is 13.0 Å². The lowest BCUT2D eigenvalue weighted by Gasteiger charge is -2.25. The number of anilines is 1. The molecule has 6 heteroatoms. The van der Waals surface area contributed by atoms with Crippen LogP contribution in [0.5, 0.6) is 5.75 Å². The quantitative estimate of drug-likeness (QED) is 0.322. The number of nitrogens with zero attached hydrogens (tertiary/aromatic N) is 1. The van der Waals surface area contributed by atoms with Gasteiger partial charge in [-0.2, -0.15) is 0 Å². The molecular weight excluding hydrogens is 446 g/mol. The summed E-state index contributed by atoms with van der Waals surface area (Å²) in [6.45, 7) is 1.89. The SMILES string of the molecule is Cc1cccc(N2C(=O)C(=O)/C(=C(/O)c3ccc(Br)cc3)C2c2cccc(O)c2)c1. The van der Waals surface area contributed by atoms with Crippen molar-refractivity contribution in [2.24, 2.45) is 0 Å². The van der Waals surface area contributed by atoms with Crippen LogP contribution >= 0.6 is 15.9 Å².